The fourth-order valence-electron chi connectivity index (χ4n) is 0.456. The molecule has 0 bridgehead atoms. The van der Waals surface area contributed by atoms with Crippen molar-refractivity contribution in [3.05, 3.63) is 16.6 Å². The van der Waals surface area contributed by atoms with Gasteiger partial charge in [-0.3, -0.25) is 4.98 Å². The number of aromatic nitrogens is 1. The summed E-state index contributed by atoms with van der Waals surface area (Å²) in [4.78, 5) is 14.8. The standard InChI is InChI=1S/C5H6N2O2S.ClH/c6-5(8)9-2-4-1-7-3-10-4;/h1,3H,2H2,(H2,6,8);1H. The highest BCUT2D eigenvalue weighted by atomic mass is 35.5. The molecule has 0 saturated heterocycles. The van der Waals surface area contributed by atoms with Gasteiger partial charge in [-0.05, 0) is 0 Å². The van der Waals surface area contributed by atoms with E-state index in [2.05, 4.69) is 9.72 Å². The lowest BCUT2D eigenvalue weighted by molar-refractivity contribution is 0.151. The van der Waals surface area contributed by atoms with Crippen molar-refractivity contribution in [3.8, 4) is 0 Å². The minimum absolute atomic E-state index is 0. The number of ether oxygens (including phenoxy) is 1. The number of hydrogen-bond acceptors (Lipinski definition) is 4. The Morgan fingerprint density at radius 2 is 2.55 bits per heavy atom. The summed E-state index contributed by atoms with van der Waals surface area (Å²) in [6, 6.07) is 0. The number of amides is 1. The van der Waals surface area contributed by atoms with Crippen molar-refractivity contribution in [1.29, 1.82) is 0 Å². The molecule has 6 heteroatoms. The predicted octanol–water partition coefficient (Wildman–Crippen LogP) is 1.16. The third-order valence-electron chi connectivity index (χ3n) is 0.840. The van der Waals surface area contributed by atoms with E-state index in [1.807, 2.05) is 0 Å². The molecule has 0 aromatic carbocycles. The Kier molecular flexibility index (Phi) is 4.56. The molecule has 1 heterocycles. The van der Waals surface area contributed by atoms with Crippen molar-refractivity contribution >= 4 is 29.8 Å². The molecule has 4 nitrogen and oxygen atoms in total. The first-order valence-electron chi connectivity index (χ1n) is 2.58. The normalized spacial score (nSPS) is 8.36. The van der Waals surface area contributed by atoms with Crippen molar-refractivity contribution in [2.45, 2.75) is 6.61 Å². The van der Waals surface area contributed by atoms with Gasteiger partial charge in [0.25, 0.3) is 0 Å². The Morgan fingerprint density at radius 1 is 1.82 bits per heavy atom. The Labute approximate surface area is 73.8 Å². The van der Waals surface area contributed by atoms with Crippen LogP contribution in [0.15, 0.2) is 11.7 Å². The number of halogens is 1. The molecule has 0 atom stereocenters. The van der Waals surface area contributed by atoms with Gasteiger partial charge < -0.3 is 10.5 Å². The van der Waals surface area contributed by atoms with E-state index in [4.69, 9.17) is 5.73 Å². The number of carbonyl (C=O) groups is 1. The van der Waals surface area contributed by atoms with Crippen molar-refractivity contribution < 1.29 is 9.53 Å². The number of thiazole rings is 1. The number of nitrogens with zero attached hydrogens (tertiary/aromatic N) is 1. The van der Waals surface area contributed by atoms with Crippen molar-refractivity contribution in [2.75, 3.05) is 0 Å². The van der Waals surface area contributed by atoms with Gasteiger partial charge in [0.2, 0.25) is 0 Å². The highest BCUT2D eigenvalue weighted by Crippen LogP contribution is 2.05. The maximum atomic E-state index is 10.1. The molecule has 62 valence electrons. The van der Waals surface area contributed by atoms with E-state index in [9.17, 15) is 4.79 Å². The van der Waals surface area contributed by atoms with E-state index in [1.54, 1.807) is 11.7 Å². The number of carbonyl (C=O) groups excluding carboxylic acids is 1. The number of rotatable bonds is 2. The second kappa shape index (κ2) is 4.92. The van der Waals surface area contributed by atoms with E-state index >= 15 is 0 Å². The number of nitrogens with two attached hydrogens (primary N) is 1. The molecule has 0 aliphatic carbocycles. The van der Waals surface area contributed by atoms with Crippen molar-refractivity contribution in [1.82, 2.24) is 4.98 Å². The molecule has 0 saturated carbocycles. The van der Waals surface area contributed by atoms with Crippen LogP contribution >= 0.6 is 23.7 Å². The van der Waals surface area contributed by atoms with Crippen LogP contribution in [0.3, 0.4) is 0 Å². The summed E-state index contributed by atoms with van der Waals surface area (Å²) in [6.07, 6.45) is 0.876. The first-order valence-corrected chi connectivity index (χ1v) is 3.46. The largest absolute Gasteiger partial charge is 0.444 e. The molecule has 0 spiro atoms. The molecule has 1 aromatic heterocycles. The lowest BCUT2D eigenvalue weighted by Gasteiger charge is -1.94. The molecule has 2 N–H and O–H groups in total. The van der Waals surface area contributed by atoms with Crippen LogP contribution < -0.4 is 5.73 Å². The summed E-state index contributed by atoms with van der Waals surface area (Å²) in [5, 5.41) is 0. The SMILES string of the molecule is Cl.NC(=O)OCc1cncs1. The Morgan fingerprint density at radius 3 is 3.00 bits per heavy atom. The fraction of sp³-hybridized carbons (Fsp3) is 0.200. The van der Waals surface area contributed by atoms with Crippen molar-refractivity contribution in [2.24, 2.45) is 5.73 Å². The summed E-state index contributed by atoms with van der Waals surface area (Å²) in [5.74, 6) is 0. The van der Waals surface area contributed by atoms with Gasteiger partial charge in [0.15, 0.2) is 0 Å². The van der Waals surface area contributed by atoms with Gasteiger partial charge in [0.05, 0.1) is 10.4 Å². The molecule has 11 heavy (non-hydrogen) atoms. The van der Waals surface area contributed by atoms with Gasteiger partial charge in [-0.25, -0.2) is 4.79 Å². The molecule has 0 radical (unpaired) electrons. The van der Waals surface area contributed by atoms with Gasteiger partial charge in [-0.15, -0.1) is 23.7 Å². The summed E-state index contributed by atoms with van der Waals surface area (Å²) in [5.41, 5.74) is 6.40. The van der Waals surface area contributed by atoms with E-state index in [1.165, 1.54) is 11.3 Å². The van der Waals surface area contributed by atoms with Crippen LogP contribution in [0.1, 0.15) is 4.88 Å². The van der Waals surface area contributed by atoms with E-state index in [0.717, 1.165) is 4.88 Å². The third kappa shape index (κ3) is 3.79. The molecular formula is C5H7ClN2O2S. The predicted molar refractivity (Wildman–Crippen MR) is 43.7 cm³/mol. The first kappa shape index (κ1) is 10.2. The number of hydrogen-bond donors (Lipinski definition) is 1. The quantitative estimate of drug-likeness (QED) is 0.769. The summed E-state index contributed by atoms with van der Waals surface area (Å²) in [6.45, 7) is 0.222. The maximum Gasteiger partial charge on any atom is 0.404 e. The molecule has 0 unspecified atom stereocenters. The van der Waals surface area contributed by atoms with Crippen molar-refractivity contribution in [3.63, 3.8) is 0 Å². The van der Waals surface area contributed by atoms with Gasteiger partial charge >= 0.3 is 6.09 Å². The highest BCUT2D eigenvalue weighted by molar-refractivity contribution is 7.09. The molecule has 0 aliphatic heterocycles. The lowest BCUT2D eigenvalue weighted by atomic mass is 10.6. The Bertz CT molecular complexity index is 214. The summed E-state index contributed by atoms with van der Waals surface area (Å²) >= 11 is 1.42. The van der Waals surface area contributed by atoms with Gasteiger partial charge in [-0.2, -0.15) is 0 Å². The van der Waals surface area contributed by atoms with Gasteiger partial charge in [0.1, 0.15) is 6.61 Å². The maximum absolute atomic E-state index is 10.1. The smallest absolute Gasteiger partial charge is 0.404 e. The minimum Gasteiger partial charge on any atom is -0.444 e. The zero-order chi connectivity index (χ0) is 7.40. The topological polar surface area (TPSA) is 65.2 Å². The van der Waals surface area contributed by atoms with E-state index in [0.29, 0.717) is 0 Å². The second-order valence-electron chi connectivity index (χ2n) is 1.58. The fourth-order valence-corrected chi connectivity index (χ4v) is 0.961. The number of primary amides is 1. The van der Waals surface area contributed by atoms with Crippen LogP contribution in [-0.4, -0.2) is 11.1 Å². The lowest BCUT2D eigenvalue weighted by Crippen LogP contribution is -2.12. The van der Waals surface area contributed by atoms with Crippen LogP contribution in [0.5, 0.6) is 0 Å². The van der Waals surface area contributed by atoms with E-state index < -0.39 is 6.09 Å². The van der Waals surface area contributed by atoms with Gasteiger partial charge in [-0.1, -0.05) is 0 Å². The summed E-state index contributed by atoms with van der Waals surface area (Å²) < 4.78 is 4.50. The average molecular weight is 195 g/mol. The van der Waals surface area contributed by atoms with Crippen LogP contribution in [0.2, 0.25) is 0 Å². The first-order chi connectivity index (χ1) is 4.79. The zero-order valence-electron chi connectivity index (χ0n) is 5.52. The molecule has 0 aliphatic rings. The monoisotopic (exact) mass is 194 g/mol. The second-order valence-corrected chi connectivity index (χ2v) is 2.55. The minimum atomic E-state index is -0.756. The highest BCUT2D eigenvalue weighted by Gasteiger charge is 1.96. The van der Waals surface area contributed by atoms with Gasteiger partial charge in [0, 0.05) is 6.20 Å². The average Bonchev–Trinajstić information content (AvgIpc) is 2.34. The van der Waals surface area contributed by atoms with Crippen LogP contribution in [0.4, 0.5) is 4.79 Å². The summed E-state index contributed by atoms with van der Waals surface area (Å²) in [7, 11) is 0. The van der Waals surface area contributed by atoms with E-state index in [-0.39, 0.29) is 19.0 Å². The zero-order valence-corrected chi connectivity index (χ0v) is 7.15. The molecule has 1 rings (SSSR count). The Hall–Kier alpha value is -0.810. The molecule has 0 fully saturated rings. The van der Waals surface area contributed by atoms with Crippen LogP contribution in [-0.2, 0) is 11.3 Å². The third-order valence-corrected chi connectivity index (χ3v) is 1.59. The van der Waals surface area contributed by atoms with Crippen LogP contribution in [0, 0.1) is 0 Å². The molecular weight excluding hydrogens is 188 g/mol. The molecule has 1 aromatic rings. The molecule has 1 amide bonds. The van der Waals surface area contributed by atoms with Crippen LogP contribution in [0.25, 0.3) is 0 Å². The Balaban J connectivity index is 0.000001000.